The molecule has 0 aromatic carbocycles. The van der Waals surface area contributed by atoms with E-state index in [4.69, 9.17) is 4.42 Å². The Kier molecular flexibility index (Phi) is 3.96. The zero-order valence-corrected chi connectivity index (χ0v) is 11.7. The summed E-state index contributed by atoms with van der Waals surface area (Å²) in [5, 5.41) is 7.20. The molecule has 0 aliphatic carbocycles. The average Bonchev–Trinajstić information content (AvgIpc) is 2.88. The Labute approximate surface area is 109 Å². The second kappa shape index (κ2) is 5.48. The maximum absolute atomic E-state index is 11.6. The molecular weight excluding hydrogens is 250 g/mol. The molecule has 0 aliphatic heterocycles. The van der Waals surface area contributed by atoms with E-state index in [1.807, 2.05) is 12.3 Å². The second-order valence-corrected chi connectivity index (χ2v) is 5.39. The van der Waals surface area contributed by atoms with E-state index >= 15 is 0 Å². The largest absolute Gasteiger partial charge is 0.437 e. The summed E-state index contributed by atoms with van der Waals surface area (Å²) in [5.74, 6) is 0.507. The van der Waals surface area contributed by atoms with Gasteiger partial charge in [-0.25, -0.2) is 9.78 Å². The van der Waals surface area contributed by atoms with Crippen molar-refractivity contribution in [3.05, 3.63) is 32.5 Å². The van der Waals surface area contributed by atoms with E-state index in [0.717, 1.165) is 17.1 Å². The molecule has 0 radical (unpaired) electrons. The normalized spacial score (nSPS) is 11.3. The third-order valence-electron chi connectivity index (χ3n) is 2.49. The predicted octanol–water partition coefficient (Wildman–Crippen LogP) is 2.42. The zero-order valence-electron chi connectivity index (χ0n) is 10.8. The first kappa shape index (κ1) is 13.0. The van der Waals surface area contributed by atoms with Crippen molar-refractivity contribution < 1.29 is 4.42 Å². The van der Waals surface area contributed by atoms with Crippen LogP contribution in [0.5, 0.6) is 0 Å². The van der Waals surface area contributed by atoms with E-state index in [1.54, 1.807) is 11.3 Å². The van der Waals surface area contributed by atoms with Gasteiger partial charge >= 0.3 is 5.76 Å². The Balaban J connectivity index is 2.15. The van der Waals surface area contributed by atoms with Gasteiger partial charge in [-0.1, -0.05) is 20.8 Å². The fourth-order valence-electron chi connectivity index (χ4n) is 1.58. The van der Waals surface area contributed by atoms with Crippen LogP contribution in [0.25, 0.3) is 0 Å². The van der Waals surface area contributed by atoms with Crippen molar-refractivity contribution in [2.24, 2.45) is 0 Å². The van der Waals surface area contributed by atoms with Gasteiger partial charge in [-0.3, -0.25) is 0 Å². The van der Waals surface area contributed by atoms with Crippen LogP contribution < -0.4 is 5.76 Å². The molecule has 0 amide bonds. The van der Waals surface area contributed by atoms with Gasteiger partial charge in [0.25, 0.3) is 0 Å². The molecule has 2 aromatic heterocycles. The minimum atomic E-state index is -0.405. The number of hydrogen-bond donors (Lipinski definition) is 0. The van der Waals surface area contributed by atoms with Crippen LogP contribution in [0.1, 0.15) is 49.7 Å². The molecule has 2 rings (SSSR count). The number of thiazole rings is 1. The second-order valence-electron chi connectivity index (χ2n) is 4.50. The molecule has 0 bridgehead atoms. The lowest BCUT2D eigenvalue weighted by atomic mass is 10.2. The highest BCUT2D eigenvalue weighted by molar-refractivity contribution is 7.09. The Hall–Kier alpha value is -1.43. The molecule has 0 atom stereocenters. The summed E-state index contributed by atoms with van der Waals surface area (Å²) in [6.45, 7) is 6.61. The average molecular weight is 267 g/mol. The lowest BCUT2D eigenvalue weighted by Crippen LogP contribution is -2.16. The number of aryl methyl sites for hydroxylation is 1. The zero-order chi connectivity index (χ0) is 13.1. The fraction of sp³-hybridized carbons (Fsp3) is 0.583. The van der Waals surface area contributed by atoms with E-state index in [-0.39, 0.29) is 0 Å². The molecule has 2 heterocycles. The molecular formula is C12H17N3O2S. The van der Waals surface area contributed by atoms with Crippen molar-refractivity contribution in [2.75, 3.05) is 0 Å². The summed E-state index contributed by atoms with van der Waals surface area (Å²) in [5.41, 5.74) is 0.863. The highest BCUT2D eigenvalue weighted by atomic mass is 32.1. The predicted molar refractivity (Wildman–Crippen MR) is 70.1 cm³/mol. The van der Waals surface area contributed by atoms with E-state index in [2.05, 4.69) is 23.9 Å². The van der Waals surface area contributed by atoms with Crippen LogP contribution in [0.3, 0.4) is 0 Å². The molecule has 98 valence electrons. The van der Waals surface area contributed by atoms with E-state index in [1.165, 1.54) is 4.68 Å². The highest BCUT2D eigenvalue weighted by Gasteiger charge is 2.11. The lowest BCUT2D eigenvalue weighted by Gasteiger charge is -1.97. The monoisotopic (exact) mass is 267 g/mol. The van der Waals surface area contributed by atoms with Crippen LogP contribution in [0.4, 0.5) is 0 Å². The molecule has 0 saturated heterocycles. The first-order valence-electron chi connectivity index (χ1n) is 6.11. The van der Waals surface area contributed by atoms with E-state index in [0.29, 0.717) is 24.8 Å². The topological polar surface area (TPSA) is 60.9 Å². The third kappa shape index (κ3) is 2.87. The molecule has 0 saturated carbocycles. The minimum Gasteiger partial charge on any atom is -0.392 e. The lowest BCUT2D eigenvalue weighted by molar-refractivity contribution is 0.448. The molecule has 6 heteroatoms. The highest BCUT2D eigenvalue weighted by Crippen LogP contribution is 2.19. The SMILES string of the molecule is CCCc1nn(Cc2csc(C(C)C)n2)c(=O)o1. The van der Waals surface area contributed by atoms with Gasteiger partial charge in [-0.15, -0.1) is 16.4 Å². The van der Waals surface area contributed by atoms with E-state index in [9.17, 15) is 4.79 Å². The first-order valence-corrected chi connectivity index (χ1v) is 6.99. The molecule has 0 unspecified atom stereocenters. The Morgan fingerprint density at radius 1 is 1.50 bits per heavy atom. The molecule has 0 spiro atoms. The summed E-state index contributed by atoms with van der Waals surface area (Å²) in [4.78, 5) is 16.0. The molecule has 2 aromatic rings. The van der Waals surface area contributed by atoms with Gasteiger partial charge in [0.05, 0.1) is 17.2 Å². The quantitative estimate of drug-likeness (QED) is 0.834. The Bertz CT molecular complexity index is 568. The van der Waals surface area contributed by atoms with Crippen molar-refractivity contribution >= 4 is 11.3 Å². The van der Waals surface area contributed by atoms with Crippen LogP contribution in [0, 0.1) is 0 Å². The van der Waals surface area contributed by atoms with Crippen molar-refractivity contribution in [1.29, 1.82) is 0 Å². The summed E-state index contributed by atoms with van der Waals surface area (Å²) in [7, 11) is 0. The Morgan fingerprint density at radius 2 is 2.28 bits per heavy atom. The van der Waals surface area contributed by atoms with Gasteiger partial charge < -0.3 is 4.42 Å². The Morgan fingerprint density at radius 3 is 2.89 bits per heavy atom. The summed E-state index contributed by atoms with van der Waals surface area (Å²) < 4.78 is 6.39. The maximum atomic E-state index is 11.6. The molecule has 0 aliphatic rings. The van der Waals surface area contributed by atoms with Gasteiger partial charge in [-0.2, -0.15) is 4.68 Å². The maximum Gasteiger partial charge on any atom is 0.437 e. The standard InChI is InChI=1S/C12H17N3O2S/c1-4-5-10-14-15(12(16)17-10)6-9-7-18-11(13-9)8(2)3/h7-8H,4-6H2,1-3H3. The molecule has 18 heavy (non-hydrogen) atoms. The summed E-state index contributed by atoms with van der Waals surface area (Å²) in [6, 6.07) is 0. The van der Waals surface area contributed by atoms with Crippen LogP contribution in [0.15, 0.2) is 14.6 Å². The van der Waals surface area contributed by atoms with Crippen molar-refractivity contribution in [3.8, 4) is 0 Å². The molecule has 0 N–H and O–H groups in total. The van der Waals surface area contributed by atoms with Crippen molar-refractivity contribution in [2.45, 2.75) is 46.1 Å². The summed E-state index contributed by atoms with van der Waals surface area (Å²) >= 11 is 1.61. The van der Waals surface area contributed by atoms with Crippen molar-refractivity contribution in [3.63, 3.8) is 0 Å². The molecule has 5 nitrogen and oxygen atoms in total. The van der Waals surface area contributed by atoms with Gasteiger partial charge in [0.15, 0.2) is 0 Å². The minimum absolute atomic E-state index is 0.384. The van der Waals surface area contributed by atoms with E-state index < -0.39 is 5.76 Å². The van der Waals surface area contributed by atoms with Crippen LogP contribution in [0.2, 0.25) is 0 Å². The number of nitrogens with zero attached hydrogens (tertiary/aromatic N) is 3. The van der Waals surface area contributed by atoms with Crippen molar-refractivity contribution in [1.82, 2.24) is 14.8 Å². The van der Waals surface area contributed by atoms with Gasteiger partial charge in [0.2, 0.25) is 5.89 Å². The number of hydrogen-bond acceptors (Lipinski definition) is 5. The van der Waals surface area contributed by atoms with Gasteiger partial charge in [0.1, 0.15) is 0 Å². The van der Waals surface area contributed by atoms with Gasteiger partial charge in [0, 0.05) is 17.7 Å². The first-order chi connectivity index (χ1) is 8.60. The smallest absolute Gasteiger partial charge is 0.392 e. The summed E-state index contributed by atoms with van der Waals surface area (Å²) in [6.07, 6.45) is 1.60. The number of aromatic nitrogens is 3. The number of rotatable bonds is 5. The fourth-order valence-corrected chi connectivity index (χ4v) is 2.40. The third-order valence-corrected chi connectivity index (χ3v) is 3.68. The van der Waals surface area contributed by atoms with Gasteiger partial charge in [-0.05, 0) is 6.42 Å². The van der Waals surface area contributed by atoms with Crippen LogP contribution in [-0.4, -0.2) is 14.8 Å². The van der Waals surface area contributed by atoms with Crippen LogP contribution in [-0.2, 0) is 13.0 Å². The van der Waals surface area contributed by atoms with Crippen LogP contribution >= 0.6 is 11.3 Å². The molecule has 0 fully saturated rings.